The fourth-order valence-electron chi connectivity index (χ4n) is 1.16. The molecule has 0 aromatic heterocycles. The van der Waals surface area contributed by atoms with E-state index in [1.807, 2.05) is 7.05 Å². The molecule has 0 radical (unpaired) electrons. The second-order valence-corrected chi connectivity index (χ2v) is 3.18. The molecule has 0 spiro atoms. The number of hydrogen-bond donors (Lipinski definition) is 1. The summed E-state index contributed by atoms with van der Waals surface area (Å²) in [6.07, 6.45) is 0.787. The van der Waals surface area contributed by atoms with Crippen LogP contribution in [-0.2, 0) is 0 Å². The van der Waals surface area contributed by atoms with E-state index in [-0.39, 0.29) is 0 Å². The second kappa shape index (κ2) is 6.02. The number of benzene rings is 1. The van der Waals surface area contributed by atoms with Gasteiger partial charge in [-0.05, 0) is 26.1 Å². The van der Waals surface area contributed by atoms with Crippen LogP contribution >= 0.6 is 0 Å². The Morgan fingerprint density at radius 1 is 1.56 bits per heavy atom. The van der Waals surface area contributed by atoms with Crippen LogP contribution in [0.3, 0.4) is 0 Å². The number of nitrogens with one attached hydrogen (secondary N) is 1. The van der Waals surface area contributed by atoms with Gasteiger partial charge in [-0.2, -0.15) is 4.39 Å². The fourth-order valence-corrected chi connectivity index (χ4v) is 1.16. The number of nitro groups is 1. The minimum atomic E-state index is -0.879. The highest BCUT2D eigenvalue weighted by molar-refractivity contribution is 5.37. The first-order valence-corrected chi connectivity index (χ1v) is 4.86. The highest BCUT2D eigenvalue weighted by atomic mass is 19.1. The minimum absolute atomic E-state index is 0.305. The van der Waals surface area contributed by atoms with Crippen LogP contribution in [0.25, 0.3) is 0 Å². The van der Waals surface area contributed by atoms with E-state index in [1.54, 1.807) is 0 Å². The fraction of sp³-hybridized carbons (Fsp3) is 0.400. The zero-order chi connectivity index (χ0) is 12.0. The van der Waals surface area contributed by atoms with Crippen molar-refractivity contribution >= 4 is 5.69 Å². The molecule has 0 heterocycles. The normalized spacial score (nSPS) is 10.1. The molecule has 16 heavy (non-hydrogen) atoms. The first-order valence-electron chi connectivity index (χ1n) is 4.86. The minimum Gasteiger partial charge on any atom is -0.493 e. The molecule has 6 heteroatoms. The molecule has 1 aromatic rings. The lowest BCUT2D eigenvalue weighted by Crippen LogP contribution is -2.11. The van der Waals surface area contributed by atoms with Crippen LogP contribution in [0.15, 0.2) is 18.2 Å². The largest absolute Gasteiger partial charge is 0.493 e. The summed E-state index contributed by atoms with van der Waals surface area (Å²) >= 11 is 0. The third kappa shape index (κ3) is 3.47. The molecule has 0 aliphatic carbocycles. The Labute approximate surface area is 92.4 Å². The van der Waals surface area contributed by atoms with Crippen molar-refractivity contribution in [1.82, 2.24) is 5.32 Å². The highest BCUT2D eigenvalue weighted by Gasteiger charge is 2.13. The van der Waals surface area contributed by atoms with E-state index in [0.29, 0.717) is 12.4 Å². The number of halogens is 1. The highest BCUT2D eigenvalue weighted by Crippen LogP contribution is 2.22. The van der Waals surface area contributed by atoms with Gasteiger partial charge in [0.2, 0.25) is 5.82 Å². The average molecular weight is 228 g/mol. The van der Waals surface area contributed by atoms with Crippen molar-refractivity contribution in [1.29, 1.82) is 0 Å². The number of hydrogen-bond acceptors (Lipinski definition) is 4. The van der Waals surface area contributed by atoms with Gasteiger partial charge in [-0.25, -0.2) is 0 Å². The van der Waals surface area contributed by atoms with E-state index in [0.717, 1.165) is 25.1 Å². The lowest BCUT2D eigenvalue weighted by Gasteiger charge is -2.05. The quantitative estimate of drug-likeness (QED) is 0.457. The van der Waals surface area contributed by atoms with Crippen LogP contribution in [0.5, 0.6) is 5.75 Å². The van der Waals surface area contributed by atoms with Gasteiger partial charge in [0.1, 0.15) is 5.75 Å². The number of ether oxygens (including phenoxy) is 1. The van der Waals surface area contributed by atoms with Crippen LogP contribution in [0.2, 0.25) is 0 Å². The van der Waals surface area contributed by atoms with Gasteiger partial charge in [0, 0.05) is 12.1 Å². The summed E-state index contributed by atoms with van der Waals surface area (Å²) in [6, 6.07) is 3.51. The summed E-state index contributed by atoms with van der Waals surface area (Å²) in [7, 11) is 1.82. The maximum absolute atomic E-state index is 13.1. The third-order valence-corrected chi connectivity index (χ3v) is 1.96. The molecule has 0 atom stereocenters. The average Bonchev–Trinajstić information content (AvgIpc) is 2.24. The summed E-state index contributed by atoms with van der Waals surface area (Å²) in [4.78, 5) is 9.58. The first-order chi connectivity index (χ1) is 7.65. The maximum Gasteiger partial charge on any atom is 0.305 e. The second-order valence-electron chi connectivity index (χ2n) is 3.18. The van der Waals surface area contributed by atoms with Gasteiger partial charge < -0.3 is 10.1 Å². The molecule has 0 aliphatic heterocycles. The molecule has 0 aliphatic rings. The summed E-state index contributed by atoms with van der Waals surface area (Å²) in [6.45, 7) is 1.24. The van der Waals surface area contributed by atoms with Crippen molar-refractivity contribution in [3.63, 3.8) is 0 Å². The molecular formula is C10H13FN2O3. The molecule has 1 N–H and O–H groups in total. The van der Waals surface area contributed by atoms with E-state index >= 15 is 0 Å². The molecule has 0 fully saturated rings. The van der Waals surface area contributed by atoms with Crippen LogP contribution in [0.4, 0.5) is 10.1 Å². The molecule has 88 valence electrons. The van der Waals surface area contributed by atoms with Gasteiger partial charge in [-0.15, -0.1) is 0 Å². The molecular weight excluding hydrogens is 215 g/mol. The van der Waals surface area contributed by atoms with Crippen molar-refractivity contribution in [2.45, 2.75) is 6.42 Å². The standard InChI is InChI=1S/C10H13FN2O3/c1-12-5-2-6-16-8-3-4-10(13(14)15)9(11)7-8/h3-4,7,12H,2,5-6H2,1H3. The number of nitrogens with zero attached hydrogens (tertiary/aromatic N) is 1. The molecule has 1 aromatic carbocycles. The first kappa shape index (κ1) is 12.4. The van der Waals surface area contributed by atoms with Gasteiger partial charge in [0.25, 0.3) is 0 Å². The smallest absolute Gasteiger partial charge is 0.305 e. The Hall–Kier alpha value is -1.69. The van der Waals surface area contributed by atoms with Gasteiger partial charge in [0.15, 0.2) is 0 Å². The molecule has 0 unspecified atom stereocenters. The van der Waals surface area contributed by atoms with Crippen molar-refractivity contribution in [2.24, 2.45) is 0 Å². The van der Waals surface area contributed by atoms with Gasteiger partial charge in [0.05, 0.1) is 11.5 Å². The maximum atomic E-state index is 13.1. The lowest BCUT2D eigenvalue weighted by molar-refractivity contribution is -0.387. The van der Waals surface area contributed by atoms with Gasteiger partial charge in [-0.3, -0.25) is 10.1 Å². The lowest BCUT2D eigenvalue weighted by atomic mass is 10.3. The molecule has 5 nitrogen and oxygen atoms in total. The van der Waals surface area contributed by atoms with E-state index in [4.69, 9.17) is 4.74 Å². The zero-order valence-electron chi connectivity index (χ0n) is 8.90. The summed E-state index contributed by atoms with van der Waals surface area (Å²) < 4.78 is 18.4. The van der Waals surface area contributed by atoms with Crippen LogP contribution in [0.1, 0.15) is 6.42 Å². The van der Waals surface area contributed by atoms with E-state index in [1.165, 1.54) is 6.07 Å². The summed E-state index contributed by atoms with van der Waals surface area (Å²) in [5, 5.41) is 13.3. The topological polar surface area (TPSA) is 64.4 Å². The summed E-state index contributed by atoms with van der Waals surface area (Å²) in [5.74, 6) is -0.574. The van der Waals surface area contributed by atoms with Gasteiger partial charge in [-0.1, -0.05) is 0 Å². The summed E-state index contributed by atoms with van der Waals surface area (Å²) in [5.41, 5.74) is -0.539. The molecule has 0 saturated heterocycles. The van der Waals surface area contributed by atoms with Crippen molar-refractivity contribution in [3.05, 3.63) is 34.1 Å². The van der Waals surface area contributed by atoms with Crippen LogP contribution < -0.4 is 10.1 Å². The van der Waals surface area contributed by atoms with Crippen molar-refractivity contribution in [3.8, 4) is 5.75 Å². The predicted octanol–water partition coefficient (Wildman–Crippen LogP) is 1.72. The van der Waals surface area contributed by atoms with E-state index < -0.39 is 16.4 Å². The Morgan fingerprint density at radius 3 is 2.88 bits per heavy atom. The van der Waals surface area contributed by atoms with Crippen LogP contribution in [0, 0.1) is 15.9 Å². The Balaban J connectivity index is 2.56. The van der Waals surface area contributed by atoms with Gasteiger partial charge >= 0.3 is 5.69 Å². The van der Waals surface area contributed by atoms with E-state index in [9.17, 15) is 14.5 Å². The number of rotatable bonds is 6. The zero-order valence-corrected chi connectivity index (χ0v) is 8.90. The molecule has 0 amide bonds. The Kier molecular flexibility index (Phi) is 4.65. The molecule has 0 bridgehead atoms. The molecule has 1 rings (SSSR count). The Bertz CT molecular complexity index is 371. The van der Waals surface area contributed by atoms with Crippen molar-refractivity contribution < 1.29 is 14.1 Å². The number of nitro benzene ring substituents is 1. The predicted molar refractivity (Wildman–Crippen MR) is 57.1 cm³/mol. The van der Waals surface area contributed by atoms with Crippen LogP contribution in [-0.4, -0.2) is 25.1 Å². The van der Waals surface area contributed by atoms with Crippen molar-refractivity contribution in [2.75, 3.05) is 20.2 Å². The third-order valence-electron chi connectivity index (χ3n) is 1.96. The van der Waals surface area contributed by atoms with E-state index in [2.05, 4.69) is 5.32 Å². The monoisotopic (exact) mass is 228 g/mol. The molecule has 0 saturated carbocycles. The Morgan fingerprint density at radius 2 is 2.31 bits per heavy atom. The SMILES string of the molecule is CNCCCOc1ccc([N+](=O)[O-])c(F)c1.